The zero-order valence-corrected chi connectivity index (χ0v) is 21.4. The van der Waals surface area contributed by atoms with Crippen molar-refractivity contribution in [2.24, 2.45) is 5.92 Å². The zero-order valence-electron chi connectivity index (χ0n) is 17.6. The minimum atomic E-state index is -0.400. The lowest BCUT2D eigenvalue weighted by molar-refractivity contribution is -0.387. The number of alkyl halides is 1. The van der Waals surface area contributed by atoms with Gasteiger partial charge in [0, 0.05) is 32.9 Å². The van der Waals surface area contributed by atoms with Gasteiger partial charge < -0.3 is 5.32 Å². The fourth-order valence-corrected chi connectivity index (χ4v) is 7.73. The van der Waals surface area contributed by atoms with E-state index < -0.39 is 4.92 Å². The molecule has 7 nitrogen and oxygen atoms in total. The summed E-state index contributed by atoms with van der Waals surface area (Å²) in [5.74, 6) is 0.183. The molecule has 1 fully saturated rings. The molecule has 174 valence electrons. The van der Waals surface area contributed by atoms with Crippen molar-refractivity contribution in [3.8, 4) is 0 Å². The third kappa shape index (κ3) is 4.14. The van der Waals surface area contributed by atoms with E-state index in [-0.39, 0.29) is 44.8 Å². The molecular weight excluding hydrogens is 589 g/mol. The molecule has 3 aromatic carbocycles. The lowest BCUT2D eigenvalue weighted by atomic mass is 9.77. The van der Waals surface area contributed by atoms with Crippen molar-refractivity contribution in [3.05, 3.63) is 102 Å². The van der Waals surface area contributed by atoms with Crippen molar-refractivity contribution in [3.63, 3.8) is 0 Å². The minimum absolute atomic E-state index is 0.0241. The Bertz CT molecular complexity index is 1280. The molecule has 10 heteroatoms. The van der Waals surface area contributed by atoms with Crippen molar-refractivity contribution >= 4 is 63.0 Å². The van der Waals surface area contributed by atoms with Gasteiger partial charge in [-0.05, 0) is 58.2 Å². The van der Waals surface area contributed by atoms with Crippen molar-refractivity contribution in [2.75, 3.05) is 5.32 Å². The Balaban J connectivity index is 1.53. The number of non-ortho nitro benzene ring substituents is 1. The second-order valence-electron chi connectivity index (χ2n) is 8.43. The number of halogens is 2. The summed E-state index contributed by atoms with van der Waals surface area (Å²) in [6, 6.07) is 19.5. The largest absolute Gasteiger partial charge is 0.377 e. The van der Waals surface area contributed by atoms with Crippen LogP contribution in [0.15, 0.2) is 71.6 Å². The van der Waals surface area contributed by atoms with Crippen LogP contribution >= 0.6 is 46.0 Å². The number of nitrogens with zero attached hydrogens (tertiary/aromatic N) is 2. The Kier molecular flexibility index (Phi) is 6.43. The van der Waals surface area contributed by atoms with Crippen molar-refractivity contribution in [1.29, 1.82) is 0 Å². The average Bonchev–Trinajstić information content (AvgIpc) is 3.15. The summed E-state index contributed by atoms with van der Waals surface area (Å²) in [6.07, 6.45) is 0.759. The molecule has 3 aromatic rings. The van der Waals surface area contributed by atoms with Crippen LogP contribution in [0.4, 0.5) is 17.1 Å². The van der Waals surface area contributed by atoms with Gasteiger partial charge in [0.05, 0.1) is 31.8 Å². The van der Waals surface area contributed by atoms with Gasteiger partial charge in [0.1, 0.15) is 0 Å². The molecule has 1 N–H and O–H groups in total. The number of para-hydroxylation sites is 2. The topological polar surface area (TPSA) is 98.3 Å². The van der Waals surface area contributed by atoms with Crippen LogP contribution in [0.3, 0.4) is 0 Å². The molecule has 0 spiro atoms. The standard InChI is InChI=1S/C24H19ClIN3O4S/c25-22-20(34-19-7-2-1-6-18(19)29(32)33)12-16-21(22)15-4-3-5-17(26)24(15)27-23(16)13-8-10-14(11-9-13)28(30)31/h1-11,16,20-23,27H,12H2/t16-,20+,21+,22-,23+/m1/s1. The van der Waals surface area contributed by atoms with Crippen LogP contribution in [0, 0.1) is 29.7 Å². The molecule has 0 unspecified atom stereocenters. The summed E-state index contributed by atoms with van der Waals surface area (Å²) in [5.41, 5.74) is 3.30. The maximum atomic E-state index is 11.5. The normalized spacial score (nSPS) is 25.2. The second-order valence-corrected chi connectivity index (χ2v) is 11.4. The van der Waals surface area contributed by atoms with Gasteiger partial charge in [0.15, 0.2) is 0 Å². The maximum Gasteiger partial charge on any atom is 0.282 e. The van der Waals surface area contributed by atoms with Crippen molar-refractivity contribution in [2.45, 2.75) is 33.9 Å². The zero-order chi connectivity index (χ0) is 24.0. The summed E-state index contributed by atoms with van der Waals surface area (Å²) >= 11 is 10.9. The highest BCUT2D eigenvalue weighted by Crippen LogP contribution is 2.58. The number of fused-ring (bicyclic) bond motifs is 3. The third-order valence-electron chi connectivity index (χ3n) is 6.60. The molecular formula is C24H19ClIN3O4S. The number of nitro benzene ring substituents is 2. The van der Waals surface area contributed by atoms with E-state index in [4.69, 9.17) is 11.6 Å². The Morgan fingerprint density at radius 1 is 0.971 bits per heavy atom. The number of thioether (sulfide) groups is 1. The second kappa shape index (κ2) is 9.35. The maximum absolute atomic E-state index is 11.5. The van der Waals surface area contributed by atoms with E-state index in [1.165, 1.54) is 30.0 Å². The molecule has 1 aliphatic heterocycles. The SMILES string of the molecule is O=[N+]([O-])c1ccc([C@@H]2Nc3c(I)cccc3[C@@H]3[C@H](Cl)[C@@H](Sc4ccccc4[N+](=O)[O-])C[C@H]32)cc1. The fraction of sp³-hybridized carbons (Fsp3) is 0.250. The first-order valence-electron chi connectivity index (χ1n) is 10.7. The quantitative estimate of drug-likeness (QED) is 0.143. The Morgan fingerprint density at radius 2 is 1.71 bits per heavy atom. The first kappa shape index (κ1) is 23.4. The molecule has 0 saturated heterocycles. The minimum Gasteiger partial charge on any atom is -0.377 e. The lowest BCUT2D eigenvalue weighted by Gasteiger charge is -2.38. The fourth-order valence-electron chi connectivity index (χ4n) is 5.11. The van der Waals surface area contributed by atoms with Gasteiger partial charge in [-0.3, -0.25) is 20.2 Å². The number of hydrogen-bond acceptors (Lipinski definition) is 6. The van der Waals surface area contributed by atoms with Crippen LogP contribution in [0.25, 0.3) is 0 Å². The predicted molar refractivity (Wildman–Crippen MR) is 142 cm³/mol. The molecule has 0 radical (unpaired) electrons. The highest BCUT2D eigenvalue weighted by Gasteiger charge is 2.50. The van der Waals surface area contributed by atoms with Crippen LogP contribution < -0.4 is 5.32 Å². The van der Waals surface area contributed by atoms with E-state index in [1.807, 2.05) is 12.1 Å². The van der Waals surface area contributed by atoms with Gasteiger partial charge in [-0.2, -0.15) is 0 Å². The number of rotatable bonds is 5. The van der Waals surface area contributed by atoms with Gasteiger partial charge in [-0.1, -0.05) is 36.4 Å². The molecule has 5 atom stereocenters. The third-order valence-corrected chi connectivity index (χ3v) is 9.61. The van der Waals surface area contributed by atoms with Gasteiger partial charge in [-0.15, -0.1) is 23.4 Å². The highest BCUT2D eigenvalue weighted by atomic mass is 127. The van der Waals surface area contributed by atoms with Crippen LogP contribution in [-0.2, 0) is 0 Å². The Labute approximate surface area is 218 Å². The molecule has 2 aliphatic rings. The van der Waals surface area contributed by atoms with E-state index in [9.17, 15) is 20.2 Å². The highest BCUT2D eigenvalue weighted by molar-refractivity contribution is 14.1. The molecule has 0 amide bonds. The predicted octanol–water partition coefficient (Wildman–Crippen LogP) is 7.15. The van der Waals surface area contributed by atoms with Crippen LogP contribution in [0.1, 0.15) is 29.5 Å². The first-order chi connectivity index (χ1) is 16.3. The molecule has 0 aromatic heterocycles. The number of nitrogens with one attached hydrogen (secondary N) is 1. The first-order valence-corrected chi connectivity index (χ1v) is 13.1. The van der Waals surface area contributed by atoms with Crippen LogP contribution in [0.2, 0.25) is 0 Å². The van der Waals surface area contributed by atoms with E-state index in [0.29, 0.717) is 4.90 Å². The number of benzene rings is 3. The van der Waals surface area contributed by atoms with E-state index in [2.05, 4.69) is 34.0 Å². The summed E-state index contributed by atoms with van der Waals surface area (Å²) in [6.45, 7) is 0. The van der Waals surface area contributed by atoms with Gasteiger partial charge in [0.2, 0.25) is 0 Å². The van der Waals surface area contributed by atoms with E-state index >= 15 is 0 Å². The van der Waals surface area contributed by atoms with Gasteiger partial charge in [-0.25, -0.2) is 0 Å². The van der Waals surface area contributed by atoms with Crippen LogP contribution in [-0.4, -0.2) is 20.5 Å². The van der Waals surface area contributed by atoms with Crippen LogP contribution in [0.5, 0.6) is 0 Å². The summed E-state index contributed by atoms with van der Waals surface area (Å²) < 4.78 is 1.08. The molecule has 1 saturated carbocycles. The Hall–Kier alpha value is -2.37. The Morgan fingerprint density at radius 3 is 2.41 bits per heavy atom. The number of hydrogen-bond donors (Lipinski definition) is 1. The monoisotopic (exact) mass is 607 g/mol. The molecule has 1 heterocycles. The molecule has 5 rings (SSSR count). The van der Waals surface area contributed by atoms with Gasteiger partial charge in [0.25, 0.3) is 11.4 Å². The summed E-state index contributed by atoms with van der Waals surface area (Å²) in [4.78, 5) is 22.5. The van der Waals surface area contributed by atoms with Crippen molar-refractivity contribution < 1.29 is 9.85 Å². The van der Waals surface area contributed by atoms with E-state index in [0.717, 1.165) is 26.8 Å². The summed E-state index contributed by atoms with van der Waals surface area (Å²) in [5, 5.41) is 26.1. The lowest BCUT2D eigenvalue weighted by Crippen LogP contribution is -2.31. The van der Waals surface area contributed by atoms with Crippen molar-refractivity contribution in [1.82, 2.24) is 0 Å². The summed E-state index contributed by atoms with van der Waals surface area (Å²) in [7, 11) is 0. The molecule has 0 bridgehead atoms. The van der Waals surface area contributed by atoms with E-state index in [1.54, 1.807) is 30.3 Å². The van der Waals surface area contributed by atoms with Gasteiger partial charge >= 0.3 is 0 Å². The smallest absolute Gasteiger partial charge is 0.282 e. The molecule has 1 aliphatic carbocycles. The number of nitro groups is 2. The average molecular weight is 608 g/mol. The number of anilines is 1. The molecule has 34 heavy (non-hydrogen) atoms.